The zero-order valence-corrected chi connectivity index (χ0v) is 10.8. The maximum Gasteiger partial charge on any atom is 0.265 e. The van der Waals surface area contributed by atoms with Gasteiger partial charge in [-0.1, -0.05) is 0 Å². The van der Waals surface area contributed by atoms with Crippen molar-refractivity contribution in [2.75, 3.05) is 10.1 Å². The minimum absolute atomic E-state index is 0.114. The van der Waals surface area contributed by atoms with Gasteiger partial charge in [0.15, 0.2) is 5.82 Å². The molecule has 0 spiro atoms. The number of rotatable bonds is 4. The molecule has 9 heteroatoms. The molecule has 0 bridgehead atoms. The van der Waals surface area contributed by atoms with Crippen molar-refractivity contribution < 1.29 is 17.2 Å². The summed E-state index contributed by atoms with van der Waals surface area (Å²) in [7, 11) is -4.16. The molecule has 1 heterocycles. The Kier molecular flexibility index (Phi) is 3.81. The Hall–Kier alpha value is -2.26. The van der Waals surface area contributed by atoms with Crippen LogP contribution in [0.4, 0.5) is 20.3 Å². The maximum atomic E-state index is 13.4. The summed E-state index contributed by atoms with van der Waals surface area (Å²) in [6, 6.07) is 5.03. The number of pyridine rings is 1. The van der Waals surface area contributed by atoms with E-state index in [0.717, 1.165) is 18.2 Å². The lowest BCUT2D eigenvalue weighted by Crippen LogP contribution is -2.19. The maximum absolute atomic E-state index is 13.4. The van der Waals surface area contributed by atoms with E-state index < -0.39 is 27.3 Å². The van der Waals surface area contributed by atoms with E-state index in [0.29, 0.717) is 0 Å². The summed E-state index contributed by atoms with van der Waals surface area (Å²) >= 11 is 0. The van der Waals surface area contributed by atoms with Gasteiger partial charge in [-0.15, -0.1) is 0 Å². The minimum atomic E-state index is -4.16. The van der Waals surface area contributed by atoms with E-state index in [1.54, 1.807) is 0 Å². The molecule has 0 aliphatic carbocycles. The molecular formula is C11H10F2N4O2S. The normalized spacial score (nSPS) is 11.2. The first-order valence-electron chi connectivity index (χ1n) is 5.33. The summed E-state index contributed by atoms with van der Waals surface area (Å²) in [5.74, 6) is 3.37. The highest BCUT2D eigenvalue weighted by Crippen LogP contribution is 2.23. The lowest BCUT2D eigenvalue weighted by molar-refractivity contribution is 0.594. The highest BCUT2D eigenvalue weighted by Gasteiger charge is 2.20. The smallest absolute Gasteiger partial charge is 0.265 e. The van der Waals surface area contributed by atoms with E-state index in [-0.39, 0.29) is 10.7 Å². The molecule has 0 fully saturated rings. The third kappa shape index (κ3) is 2.83. The molecule has 2 rings (SSSR count). The van der Waals surface area contributed by atoms with Crippen LogP contribution in [0.15, 0.2) is 41.4 Å². The van der Waals surface area contributed by atoms with Crippen LogP contribution in [-0.2, 0) is 10.0 Å². The lowest BCUT2D eigenvalue weighted by atomic mass is 10.3. The number of anilines is 2. The third-order valence-corrected chi connectivity index (χ3v) is 3.77. The van der Waals surface area contributed by atoms with Crippen molar-refractivity contribution >= 4 is 21.5 Å². The second-order valence-corrected chi connectivity index (χ2v) is 5.37. The van der Waals surface area contributed by atoms with Crippen LogP contribution in [0.1, 0.15) is 0 Å². The van der Waals surface area contributed by atoms with Gasteiger partial charge in [-0.2, -0.15) is 0 Å². The molecule has 0 aliphatic rings. The summed E-state index contributed by atoms with van der Waals surface area (Å²) in [4.78, 5) is 3.44. The molecule has 106 valence electrons. The fourth-order valence-electron chi connectivity index (χ4n) is 1.49. The number of nitrogens with zero attached hydrogens (tertiary/aromatic N) is 1. The van der Waals surface area contributed by atoms with E-state index in [1.165, 1.54) is 18.3 Å². The zero-order chi connectivity index (χ0) is 14.8. The number of benzene rings is 1. The predicted octanol–water partition coefficient (Wildman–Crippen LogP) is 1.45. The molecule has 20 heavy (non-hydrogen) atoms. The molecule has 0 atom stereocenters. The quantitative estimate of drug-likeness (QED) is 0.586. The fourth-order valence-corrected chi connectivity index (χ4v) is 2.67. The van der Waals surface area contributed by atoms with Crippen LogP contribution < -0.4 is 16.0 Å². The largest absolute Gasteiger partial charge is 0.307 e. The number of nitrogens with one attached hydrogen (secondary N) is 2. The Labute approximate surface area is 113 Å². The summed E-state index contributed by atoms with van der Waals surface area (Å²) < 4.78 is 52.6. The van der Waals surface area contributed by atoms with E-state index in [4.69, 9.17) is 5.84 Å². The first-order chi connectivity index (χ1) is 9.44. The summed E-state index contributed by atoms with van der Waals surface area (Å²) in [6.07, 6.45) is 1.33. The van der Waals surface area contributed by atoms with Crippen LogP contribution in [0.2, 0.25) is 0 Å². The van der Waals surface area contributed by atoms with Crippen LogP contribution in [0.3, 0.4) is 0 Å². The van der Waals surface area contributed by atoms with Crippen molar-refractivity contribution in [1.29, 1.82) is 0 Å². The van der Waals surface area contributed by atoms with Crippen molar-refractivity contribution in [3.05, 3.63) is 48.2 Å². The number of nitrogen functional groups attached to an aromatic ring is 1. The number of halogens is 2. The third-order valence-electron chi connectivity index (χ3n) is 2.37. The average Bonchev–Trinajstić information content (AvgIpc) is 2.42. The summed E-state index contributed by atoms with van der Waals surface area (Å²) in [5.41, 5.74) is 1.61. The second kappa shape index (κ2) is 5.39. The molecule has 0 radical (unpaired) electrons. The zero-order valence-electron chi connectivity index (χ0n) is 9.97. The van der Waals surface area contributed by atoms with Crippen molar-refractivity contribution in [1.82, 2.24) is 4.98 Å². The Morgan fingerprint density at radius 2 is 1.95 bits per heavy atom. The Morgan fingerprint density at radius 1 is 1.20 bits per heavy atom. The molecule has 2 aromatic rings. The van der Waals surface area contributed by atoms with Crippen molar-refractivity contribution in [2.24, 2.45) is 5.84 Å². The average molecular weight is 300 g/mol. The Bertz CT molecular complexity index is 737. The molecule has 0 amide bonds. The fraction of sp³-hybridized carbons (Fsp3) is 0. The Morgan fingerprint density at radius 3 is 2.65 bits per heavy atom. The molecule has 4 N–H and O–H groups in total. The van der Waals surface area contributed by atoms with E-state index >= 15 is 0 Å². The van der Waals surface area contributed by atoms with Gasteiger partial charge >= 0.3 is 0 Å². The molecule has 1 aromatic heterocycles. The molecular weight excluding hydrogens is 290 g/mol. The molecule has 1 aromatic carbocycles. The van der Waals surface area contributed by atoms with Crippen LogP contribution in [0.25, 0.3) is 0 Å². The summed E-state index contributed by atoms with van der Waals surface area (Å²) in [6.45, 7) is 0. The minimum Gasteiger partial charge on any atom is -0.307 e. The van der Waals surface area contributed by atoms with Crippen molar-refractivity contribution in [3.63, 3.8) is 0 Å². The molecule has 0 saturated carbocycles. The van der Waals surface area contributed by atoms with Gasteiger partial charge in [0.2, 0.25) is 0 Å². The van der Waals surface area contributed by atoms with Gasteiger partial charge in [-0.05, 0) is 24.3 Å². The molecule has 0 unspecified atom stereocenters. The molecule has 0 aliphatic heterocycles. The first-order valence-corrected chi connectivity index (χ1v) is 6.82. The van der Waals surface area contributed by atoms with Gasteiger partial charge in [0.1, 0.15) is 16.5 Å². The number of hydrogen-bond donors (Lipinski definition) is 3. The number of hydrazine groups is 1. The van der Waals surface area contributed by atoms with E-state index in [1.807, 2.05) is 4.72 Å². The van der Waals surface area contributed by atoms with Crippen LogP contribution in [0.5, 0.6) is 0 Å². The van der Waals surface area contributed by atoms with Crippen LogP contribution >= 0.6 is 0 Å². The molecule has 0 saturated heterocycles. The van der Waals surface area contributed by atoms with Gasteiger partial charge in [0.05, 0.1) is 5.69 Å². The standard InChI is InChI=1S/C11H10F2N4O2S/c12-7-3-4-8(13)9(6-7)17-20(18,19)10-2-1-5-15-11(10)16-14/h1-6,17H,14H2,(H,15,16). The van der Waals surface area contributed by atoms with Crippen molar-refractivity contribution in [2.45, 2.75) is 4.90 Å². The highest BCUT2D eigenvalue weighted by atomic mass is 32.2. The van der Waals surface area contributed by atoms with Gasteiger partial charge in [-0.25, -0.2) is 28.0 Å². The van der Waals surface area contributed by atoms with Gasteiger partial charge < -0.3 is 5.43 Å². The van der Waals surface area contributed by atoms with Gasteiger partial charge in [0.25, 0.3) is 10.0 Å². The topological polar surface area (TPSA) is 97.1 Å². The number of aromatic nitrogens is 1. The monoisotopic (exact) mass is 300 g/mol. The van der Waals surface area contributed by atoms with Crippen molar-refractivity contribution in [3.8, 4) is 0 Å². The number of sulfonamides is 1. The van der Waals surface area contributed by atoms with E-state index in [2.05, 4.69) is 10.4 Å². The van der Waals surface area contributed by atoms with Crippen LogP contribution in [0, 0.1) is 11.6 Å². The Balaban J connectivity index is 2.43. The lowest BCUT2D eigenvalue weighted by Gasteiger charge is -2.11. The summed E-state index contributed by atoms with van der Waals surface area (Å²) in [5, 5.41) is 0. The predicted molar refractivity (Wildman–Crippen MR) is 69.2 cm³/mol. The second-order valence-electron chi connectivity index (χ2n) is 3.72. The van der Waals surface area contributed by atoms with E-state index in [9.17, 15) is 17.2 Å². The number of nitrogens with two attached hydrogens (primary N) is 1. The first kappa shape index (κ1) is 14.2. The van der Waals surface area contributed by atoms with Gasteiger partial charge in [0, 0.05) is 12.3 Å². The SMILES string of the molecule is NNc1ncccc1S(=O)(=O)Nc1cc(F)ccc1F. The van der Waals surface area contributed by atoms with Gasteiger partial charge in [-0.3, -0.25) is 4.72 Å². The number of hydrogen-bond acceptors (Lipinski definition) is 5. The van der Waals surface area contributed by atoms with Crippen LogP contribution in [-0.4, -0.2) is 13.4 Å². The molecule has 6 nitrogen and oxygen atoms in total. The highest BCUT2D eigenvalue weighted by molar-refractivity contribution is 7.92.